The molecule has 0 amide bonds. The lowest BCUT2D eigenvalue weighted by Gasteiger charge is -2.39. The maximum absolute atomic E-state index is 12.3. The topological polar surface area (TPSA) is 44.8 Å². The van der Waals surface area contributed by atoms with Crippen LogP contribution in [0, 0.1) is 0 Å². The second-order valence-corrected chi connectivity index (χ2v) is 9.20. The minimum atomic E-state index is -0.884. The van der Waals surface area contributed by atoms with Crippen LogP contribution in [0.1, 0.15) is 35.1 Å². The molecule has 4 aromatic carbocycles. The molecule has 4 nitrogen and oxygen atoms in total. The number of carbonyl (C=O) groups is 1. The highest BCUT2D eigenvalue weighted by Crippen LogP contribution is 2.42. The highest BCUT2D eigenvalue weighted by Gasteiger charge is 2.46. The van der Waals surface area contributed by atoms with Crippen molar-refractivity contribution in [1.29, 1.82) is 0 Å². The van der Waals surface area contributed by atoms with Crippen LogP contribution in [-0.4, -0.2) is 24.8 Å². The molecule has 0 saturated carbocycles. The van der Waals surface area contributed by atoms with Crippen molar-refractivity contribution in [3.8, 4) is 0 Å². The number of benzene rings is 4. The molecular weight excluding hydrogens is 448 g/mol. The van der Waals surface area contributed by atoms with E-state index < -0.39 is 11.2 Å². The second-order valence-electron chi connectivity index (χ2n) is 9.20. The van der Waals surface area contributed by atoms with Crippen LogP contribution in [0.3, 0.4) is 0 Å². The van der Waals surface area contributed by atoms with Crippen molar-refractivity contribution in [1.82, 2.24) is 0 Å². The Labute approximate surface area is 212 Å². The van der Waals surface area contributed by atoms with Crippen LogP contribution in [0.4, 0.5) is 0 Å². The third-order valence-electron chi connectivity index (χ3n) is 6.68. The fourth-order valence-corrected chi connectivity index (χ4v) is 4.86. The van der Waals surface area contributed by atoms with E-state index in [0.717, 1.165) is 22.3 Å². The van der Waals surface area contributed by atoms with E-state index >= 15 is 0 Å². The van der Waals surface area contributed by atoms with Gasteiger partial charge in [0.2, 0.25) is 0 Å². The van der Waals surface area contributed by atoms with Gasteiger partial charge in [0, 0.05) is 12.8 Å². The van der Waals surface area contributed by atoms with Gasteiger partial charge >= 0.3 is 5.97 Å². The zero-order valence-corrected chi connectivity index (χ0v) is 20.2. The molecule has 1 saturated heterocycles. The van der Waals surface area contributed by atoms with Gasteiger partial charge in [-0.15, -0.1) is 0 Å². The van der Waals surface area contributed by atoms with Crippen molar-refractivity contribution in [2.24, 2.45) is 0 Å². The first-order valence-electron chi connectivity index (χ1n) is 12.3. The van der Waals surface area contributed by atoms with Gasteiger partial charge in [-0.25, -0.2) is 0 Å². The van der Waals surface area contributed by atoms with Gasteiger partial charge in [0.1, 0.15) is 5.60 Å². The Morgan fingerprint density at radius 3 is 1.58 bits per heavy atom. The molecule has 1 aliphatic rings. The van der Waals surface area contributed by atoms with Crippen molar-refractivity contribution in [2.45, 2.75) is 30.7 Å². The number of esters is 1. The van der Waals surface area contributed by atoms with Crippen LogP contribution in [0.15, 0.2) is 121 Å². The average molecular weight is 479 g/mol. The lowest BCUT2D eigenvalue weighted by molar-refractivity contribution is -0.167. The van der Waals surface area contributed by atoms with Gasteiger partial charge < -0.3 is 14.2 Å². The van der Waals surface area contributed by atoms with Gasteiger partial charge in [-0.1, -0.05) is 121 Å². The number of ether oxygens (including phenoxy) is 3. The van der Waals surface area contributed by atoms with Crippen LogP contribution in [0.25, 0.3) is 0 Å². The molecule has 0 unspecified atom stereocenters. The van der Waals surface area contributed by atoms with E-state index in [4.69, 9.17) is 14.2 Å². The minimum Gasteiger partial charge on any atom is -0.454 e. The molecular formula is C32H30O4. The number of hydrogen-bond acceptors (Lipinski definition) is 4. The molecule has 0 spiro atoms. The molecule has 0 aromatic heterocycles. The van der Waals surface area contributed by atoms with E-state index in [2.05, 4.69) is 36.4 Å². The maximum atomic E-state index is 12.3. The minimum absolute atomic E-state index is 0.201. The lowest BCUT2D eigenvalue weighted by Crippen LogP contribution is -2.44. The molecule has 0 N–H and O–H groups in total. The third kappa shape index (κ3) is 5.11. The normalized spacial score (nSPS) is 17.6. The van der Waals surface area contributed by atoms with Crippen molar-refractivity contribution in [3.05, 3.63) is 144 Å². The van der Waals surface area contributed by atoms with Crippen LogP contribution < -0.4 is 0 Å². The monoisotopic (exact) mass is 478 g/mol. The molecule has 1 aliphatic heterocycles. The number of hydrogen-bond donors (Lipinski definition) is 0. The van der Waals surface area contributed by atoms with Gasteiger partial charge in [0.05, 0.1) is 19.8 Å². The van der Waals surface area contributed by atoms with Crippen molar-refractivity contribution in [2.75, 3.05) is 13.2 Å². The van der Waals surface area contributed by atoms with E-state index in [-0.39, 0.29) is 19.2 Å². The number of cyclic esters (lactones) is 1. The largest absolute Gasteiger partial charge is 0.454 e. The summed E-state index contributed by atoms with van der Waals surface area (Å²) in [4.78, 5) is 12.3. The molecule has 4 heteroatoms. The summed E-state index contributed by atoms with van der Waals surface area (Å²) in [6.45, 7) is 0.912. The Hall–Kier alpha value is -3.73. The molecule has 36 heavy (non-hydrogen) atoms. The first-order valence-corrected chi connectivity index (χ1v) is 12.3. The lowest BCUT2D eigenvalue weighted by atomic mass is 9.80. The Morgan fingerprint density at radius 2 is 1.14 bits per heavy atom. The van der Waals surface area contributed by atoms with Crippen molar-refractivity contribution in [3.63, 3.8) is 0 Å². The zero-order valence-electron chi connectivity index (χ0n) is 20.2. The predicted molar refractivity (Wildman–Crippen MR) is 139 cm³/mol. The molecule has 0 bridgehead atoms. The van der Waals surface area contributed by atoms with Gasteiger partial charge in [-0.05, 0) is 22.3 Å². The molecule has 0 aliphatic carbocycles. The number of rotatable bonds is 10. The molecule has 0 radical (unpaired) electrons. The summed E-state index contributed by atoms with van der Waals surface area (Å²) in [6.07, 6.45) is 0.905. The van der Waals surface area contributed by atoms with Crippen LogP contribution in [0.5, 0.6) is 0 Å². The SMILES string of the molecule is O=C1CC[C@@](COCc2ccccc2)(COC(c2ccccc2)(c2ccccc2)c2ccccc2)O1. The summed E-state index contributed by atoms with van der Waals surface area (Å²) in [7, 11) is 0. The fraction of sp³-hybridized carbons (Fsp3) is 0.219. The summed E-state index contributed by atoms with van der Waals surface area (Å²) in [6, 6.07) is 40.6. The quantitative estimate of drug-likeness (QED) is 0.199. The van der Waals surface area contributed by atoms with Gasteiger partial charge in [-0.3, -0.25) is 4.79 Å². The predicted octanol–water partition coefficient (Wildman–Crippen LogP) is 6.29. The van der Waals surface area contributed by atoms with Gasteiger partial charge in [-0.2, -0.15) is 0 Å². The zero-order chi connectivity index (χ0) is 24.7. The summed E-state index contributed by atoms with van der Waals surface area (Å²) in [5.74, 6) is -0.216. The molecule has 1 fully saturated rings. The van der Waals surface area contributed by atoms with Crippen molar-refractivity contribution < 1.29 is 19.0 Å². The molecule has 1 heterocycles. The Morgan fingerprint density at radius 1 is 0.667 bits per heavy atom. The highest BCUT2D eigenvalue weighted by atomic mass is 16.6. The Bertz CT molecular complexity index is 1150. The first-order chi connectivity index (χ1) is 17.7. The van der Waals surface area contributed by atoms with E-state index in [1.54, 1.807) is 0 Å². The van der Waals surface area contributed by atoms with Gasteiger partial charge in [0.15, 0.2) is 5.60 Å². The molecule has 182 valence electrons. The van der Waals surface area contributed by atoms with E-state index in [1.807, 2.05) is 84.9 Å². The highest BCUT2D eigenvalue weighted by molar-refractivity contribution is 5.72. The molecule has 1 atom stereocenters. The Kier molecular flexibility index (Phi) is 7.26. The number of carbonyl (C=O) groups excluding carboxylic acids is 1. The Balaban J connectivity index is 1.49. The smallest absolute Gasteiger partial charge is 0.306 e. The van der Waals surface area contributed by atoms with Gasteiger partial charge in [0.25, 0.3) is 0 Å². The summed E-state index contributed by atoms with van der Waals surface area (Å²) >= 11 is 0. The van der Waals surface area contributed by atoms with Crippen LogP contribution >= 0.6 is 0 Å². The summed E-state index contributed by atoms with van der Waals surface area (Å²) < 4.78 is 19.0. The summed E-state index contributed by atoms with van der Waals surface area (Å²) in [5, 5.41) is 0. The third-order valence-corrected chi connectivity index (χ3v) is 6.68. The fourth-order valence-electron chi connectivity index (χ4n) is 4.86. The second kappa shape index (κ2) is 10.9. The first kappa shape index (κ1) is 24.0. The van der Waals surface area contributed by atoms with Crippen LogP contribution in [-0.2, 0) is 31.2 Å². The average Bonchev–Trinajstić information content (AvgIpc) is 3.32. The molecule has 4 aromatic rings. The van der Waals surface area contributed by atoms with Crippen LogP contribution in [0.2, 0.25) is 0 Å². The standard InChI is InChI=1S/C32H30O4/c33-30-21-22-31(36-30,24-34-23-26-13-5-1-6-14-26)25-35-32(27-15-7-2-8-16-27,28-17-9-3-10-18-28)29-19-11-4-12-20-29/h1-20H,21-25H2/t31-/m1/s1. The summed E-state index contributed by atoms with van der Waals surface area (Å²) in [5.41, 5.74) is 2.36. The maximum Gasteiger partial charge on any atom is 0.306 e. The van der Waals surface area contributed by atoms with E-state index in [1.165, 1.54) is 0 Å². The van der Waals surface area contributed by atoms with E-state index in [0.29, 0.717) is 19.4 Å². The van der Waals surface area contributed by atoms with E-state index in [9.17, 15) is 4.79 Å². The molecule has 5 rings (SSSR count). The van der Waals surface area contributed by atoms with Crippen molar-refractivity contribution >= 4 is 5.97 Å².